The summed E-state index contributed by atoms with van der Waals surface area (Å²) >= 11 is 0. The monoisotopic (exact) mass is 214 g/mol. The SMILES string of the molecule is COC1CNCC(N)C1C1CNCN1C. The summed E-state index contributed by atoms with van der Waals surface area (Å²) in [7, 11) is 3.92. The standard InChI is InChI=1S/C10H22N4O/c1-14-6-13-4-8(14)10-7(11)3-12-5-9(10)15-2/h7-10,12-13H,3-6,11H2,1-2H3. The van der Waals surface area contributed by atoms with E-state index < -0.39 is 0 Å². The number of piperidine rings is 1. The lowest BCUT2D eigenvalue weighted by Gasteiger charge is -2.41. The summed E-state index contributed by atoms with van der Waals surface area (Å²) in [4.78, 5) is 2.34. The summed E-state index contributed by atoms with van der Waals surface area (Å²) in [5.41, 5.74) is 6.19. The lowest BCUT2D eigenvalue weighted by atomic mass is 9.84. The molecule has 4 atom stereocenters. The number of ether oxygens (including phenoxy) is 1. The zero-order valence-corrected chi connectivity index (χ0v) is 9.57. The molecule has 0 aliphatic carbocycles. The van der Waals surface area contributed by atoms with Gasteiger partial charge in [0.05, 0.1) is 6.10 Å². The van der Waals surface area contributed by atoms with Gasteiger partial charge in [-0.25, -0.2) is 0 Å². The van der Waals surface area contributed by atoms with Crippen molar-refractivity contribution in [2.75, 3.05) is 40.5 Å². The van der Waals surface area contributed by atoms with Crippen molar-refractivity contribution in [1.29, 1.82) is 0 Å². The lowest BCUT2D eigenvalue weighted by Crippen LogP contribution is -2.60. The first-order valence-electron chi connectivity index (χ1n) is 5.64. The Morgan fingerprint density at radius 3 is 2.67 bits per heavy atom. The van der Waals surface area contributed by atoms with E-state index in [-0.39, 0.29) is 12.1 Å². The molecule has 2 saturated heterocycles. The van der Waals surface area contributed by atoms with E-state index >= 15 is 0 Å². The second kappa shape index (κ2) is 4.76. The lowest BCUT2D eigenvalue weighted by molar-refractivity contribution is -0.00375. The third kappa shape index (κ3) is 2.16. The van der Waals surface area contributed by atoms with Crippen molar-refractivity contribution in [3.8, 4) is 0 Å². The Balaban J connectivity index is 2.07. The van der Waals surface area contributed by atoms with Gasteiger partial charge in [0.2, 0.25) is 0 Å². The third-order valence-corrected chi connectivity index (χ3v) is 3.68. The molecule has 5 nitrogen and oxygen atoms in total. The highest BCUT2D eigenvalue weighted by Crippen LogP contribution is 2.23. The van der Waals surface area contributed by atoms with Gasteiger partial charge in [-0.3, -0.25) is 4.90 Å². The minimum Gasteiger partial charge on any atom is -0.380 e. The topological polar surface area (TPSA) is 62.6 Å². The van der Waals surface area contributed by atoms with Gasteiger partial charge in [0.15, 0.2) is 0 Å². The smallest absolute Gasteiger partial charge is 0.0754 e. The minimum atomic E-state index is 0.191. The van der Waals surface area contributed by atoms with E-state index in [4.69, 9.17) is 10.5 Å². The Kier molecular flexibility index (Phi) is 3.58. The Morgan fingerprint density at radius 2 is 2.07 bits per heavy atom. The molecule has 2 aliphatic heterocycles. The summed E-state index contributed by atoms with van der Waals surface area (Å²) < 4.78 is 5.54. The highest BCUT2D eigenvalue weighted by atomic mass is 16.5. The average molecular weight is 214 g/mol. The number of nitrogens with zero attached hydrogens (tertiary/aromatic N) is 1. The number of hydrogen-bond acceptors (Lipinski definition) is 5. The number of nitrogens with two attached hydrogens (primary N) is 1. The predicted molar refractivity (Wildman–Crippen MR) is 59.6 cm³/mol. The van der Waals surface area contributed by atoms with Gasteiger partial charge in [0, 0.05) is 51.4 Å². The molecule has 0 bridgehead atoms. The van der Waals surface area contributed by atoms with E-state index in [0.717, 1.165) is 26.3 Å². The molecule has 4 N–H and O–H groups in total. The third-order valence-electron chi connectivity index (χ3n) is 3.68. The summed E-state index contributed by atoms with van der Waals surface area (Å²) in [6, 6.07) is 0.697. The number of likely N-dealkylation sites (N-methyl/N-ethyl adjacent to an activating group) is 1. The zero-order chi connectivity index (χ0) is 10.8. The maximum absolute atomic E-state index is 6.19. The van der Waals surface area contributed by atoms with Gasteiger partial charge in [-0.1, -0.05) is 0 Å². The zero-order valence-electron chi connectivity index (χ0n) is 9.57. The normalized spacial score (nSPS) is 43.4. The van der Waals surface area contributed by atoms with Crippen LogP contribution in [0.25, 0.3) is 0 Å². The molecular formula is C10H22N4O. The molecule has 88 valence electrons. The first-order chi connectivity index (χ1) is 7.24. The maximum Gasteiger partial charge on any atom is 0.0754 e. The van der Waals surface area contributed by atoms with Crippen LogP contribution in [-0.4, -0.2) is 63.5 Å². The van der Waals surface area contributed by atoms with Gasteiger partial charge < -0.3 is 21.1 Å². The Bertz CT molecular complexity index is 214. The van der Waals surface area contributed by atoms with Crippen molar-refractivity contribution in [3.63, 3.8) is 0 Å². The number of rotatable bonds is 2. The van der Waals surface area contributed by atoms with Gasteiger partial charge in [0.1, 0.15) is 0 Å². The Labute approximate surface area is 91.3 Å². The van der Waals surface area contributed by atoms with E-state index in [1.54, 1.807) is 7.11 Å². The first kappa shape index (κ1) is 11.3. The van der Waals surface area contributed by atoms with Gasteiger partial charge in [-0.2, -0.15) is 0 Å². The molecule has 2 aliphatic rings. The molecule has 0 radical (unpaired) electrons. The quantitative estimate of drug-likeness (QED) is 0.517. The molecule has 2 fully saturated rings. The summed E-state index contributed by atoms with van der Waals surface area (Å²) in [5, 5.41) is 6.69. The fourth-order valence-electron chi connectivity index (χ4n) is 2.81. The van der Waals surface area contributed by atoms with E-state index in [1.807, 2.05) is 0 Å². The van der Waals surface area contributed by atoms with Crippen molar-refractivity contribution in [3.05, 3.63) is 0 Å². The summed E-state index contributed by atoms with van der Waals surface area (Å²) in [6.07, 6.45) is 0.237. The van der Waals surface area contributed by atoms with Crippen LogP contribution in [0.15, 0.2) is 0 Å². The van der Waals surface area contributed by atoms with Crippen molar-refractivity contribution in [2.45, 2.75) is 18.2 Å². The molecule has 0 saturated carbocycles. The van der Waals surface area contributed by atoms with Gasteiger partial charge in [-0.15, -0.1) is 0 Å². The molecule has 0 spiro atoms. The van der Waals surface area contributed by atoms with Crippen molar-refractivity contribution < 1.29 is 4.74 Å². The highest BCUT2D eigenvalue weighted by molar-refractivity contribution is 4.97. The van der Waals surface area contributed by atoms with Crippen LogP contribution in [0.3, 0.4) is 0 Å². The second-order valence-corrected chi connectivity index (χ2v) is 4.61. The fraction of sp³-hybridized carbons (Fsp3) is 1.00. The summed E-state index contributed by atoms with van der Waals surface area (Å²) in [5.74, 6) is 0.427. The van der Waals surface area contributed by atoms with Gasteiger partial charge in [-0.05, 0) is 7.05 Å². The van der Waals surface area contributed by atoms with Crippen molar-refractivity contribution in [2.24, 2.45) is 11.7 Å². The first-order valence-corrected chi connectivity index (χ1v) is 5.64. The van der Waals surface area contributed by atoms with Crippen LogP contribution in [0.2, 0.25) is 0 Å². The van der Waals surface area contributed by atoms with E-state index in [9.17, 15) is 0 Å². The largest absolute Gasteiger partial charge is 0.380 e. The van der Waals surface area contributed by atoms with Crippen LogP contribution in [0, 0.1) is 5.92 Å². The number of methoxy groups -OCH3 is 1. The molecular weight excluding hydrogens is 192 g/mol. The summed E-state index contributed by atoms with van der Waals surface area (Å²) in [6.45, 7) is 3.79. The molecule has 2 heterocycles. The van der Waals surface area contributed by atoms with Crippen LogP contribution in [-0.2, 0) is 4.74 Å². The molecule has 2 rings (SSSR count). The predicted octanol–water partition coefficient (Wildman–Crippen LogP) is -1.59. The molecule has 0 aromatic rings. The van der Waals surface area contributed by atoms with E-state index in [2.05, 4.69) is 22.6 Å². The molecule has 4 unspecified atom stereocenters. The van der Waals surface area contributed by atoms with Crippen LogP contribution in [0.5, 0.6) is 0 Å². The van der Waals surface area contributed by atoms with E-state index in [0.29, 0.717) is 12.0 Å². The fourth-order valence-corrected chi connectivity index (χ4v) is 2.81. The second-order valence-electron chi connectivity index (χ2n) is 4.61. The highest BCUT2D eigenvalue weighted by Gasteiger charge is 2.40. The Morgan fingerprint density at radius 1 is 1.27 bits per heavy atom. The van der Waals surface area contributed by atoms with Crippen molar-refractivity contribution in [1.82, 2.24) is 15.5 Å². The maximum atomic E-state index is 6.19. The van der Waals surface area contributed by atoms with Crippen LogP contribution in [0.4, 0.5) is 0 Å². The van der Waals surface area contributed by atoms with E-state index in [1.165, 1.54) is 0 Å². The average Bonchev–Trinajstić information content (AvgIpc) is 2.64. The molecule has 0 amide bonds. The minimum absolute atomic E-state index is 0.191. The molecule has 5 heteroatoms. The van der Waals surface area contributed by atoms with Crippen LogP contribution >= 0.6 is 0 Å². The van der Waals surface area contributed by atoms with Gasteiger partial charge >= 0.3 is 0 Å². The molecule has 15 heavy (non-hydrogen) atoms. The van der Waals surface area contributed by atoms with Crippen molar-refractivity contribution >= 4 is 0 Å². The van der Waals surface area contributed by atoms with Crippen LogP contribution < -0.4 is 16.4 Å². The molecule has 0 aromatic carbocycles. The number of nitrogens with one attached hydrogen (secondary N) is 2. The van der Waals surface area contributed by atoms with Crippen LogP contribution in [0.1, 0.15) is 0 Å². The van der Waals surface area contributed by atoms with Gasteiger partial charge in [0.25, 0.3) is 0 Å². The molecule has 0 aromatic heterocycles. The Hall–Kier alpha value is -0.200. The number of hydrogen-bond donors (Lipinski definition) is 3.